The second-order valence-corrected chi connectivity index (χ2v) is 6.01. The average molecular weight is 261 g/mol. The number of aliphatic carboxylic acids is 1. The van der Waals surface area contributed by atoms with Crippen LogP contribution in [0.2, 0.25) is 0 Å². The minimum Gasteiger partial charge on any atom is -0.480 e. The summed E-state index contributed by atoms with van der Waals surface area (Å²) in [7, 11) is 0. The van der Waals surface area contributed by atoms with Gasteiger partial charge in [-0.05, 0) is 38.0 Å². The summed E-state index contributed by atoms with van der Waals surface area (Å²) in [6, 6.07) is 0. The Hall–Kier alpha value is -0.220. The van der Waals surface area contributed by atoms with Crippen molar-refractivity contribution >= 4 is 17.7 Å². The standard InChI is InChI=1S/C13H27NO2S/c1-5-11(4)17-10-8-9-13(6-2,12(15)16)14-7-3/h11,14H,5-10H2,1-4H3,(H,15,16). The summed E-state index contributed by atoms with van der Waals surface area (Å²) in [4.78, 5) is 11.4. The molecule has 17 heavy (non-hydrogen) atoms. The van der Waals surface area contributed by atoms with Crippen LogP contribution in [0, 0.1) is 0 Å². The number of carboxylic acid groups (broad SMARTS) is 1. The molecule has 0 fully saturated rings. The van der Waals surface area contributed by atoms with Crippen LogP contribution in [0.25, 0.3) is 0 Å². The minimum absolute atomic E-state index is 0.643. The van der Waals surface area contributed by atoms with Crippen molar-refractivity contribution in [3.05, 3.63) is 0 Å². The topological polar surface area (TPSA) is 49.3 Å². The molecule has 0 spiro atoms. The van der Waals surface area contributed by atoms with Crippen LogP contribution in [-0.4, -0.2) is 34.2 Å². The maximum absolute atomic E-state index is 11.4. The van der Waals surface area contributed by atoms with E-state index < -0.39 is 11.5 Å². The van der Waals surface area contributed by atoms with Gasteiger partial charge in [0, 0.05) is 5.25 Å². The lowest BCUT2D eigenvalue weighted by Crippen LogP contribution is -2.51. The highest BCUT2D eigenvalue weighted by Crippen LogP contribution is 2.22. The van der Waals surface area contributed by atoms with Crippen molar-refractivity contribution < 1.29 is 9.90 Å². The van der Waals surface area contributed by atoms with E-state index in [2.05, 4.69) is 19.2 Å². The molecule has 0 rings (SSSR count). The molecule has 0 aliphatic rings. The summed E-state index contributed by atoms with van der Waals surface area (Å²) < 4.78 is 0. The van der Waals surface area contributed by atoms with E-state index in [4.69, 9.17) is 0 Å². The number of thioether (sulfide) groups is 1. The van der Waals surface area contributed by atoms with E-state index in [0.29, 0.717) is 18.2 Å². The number of likely N-dealkylation sites (N-methyl/N-ethyl adjacent to an activating group) is 1. The predicted octanol–water partition coefficient (Wildman–Crippen LogP) is 3.14. The normalized spacial score (nSPS) is 16.5. The molecule has 0 bridgehead atoms. The summed E-state index contributed by atoms with van der Waals surface area (Å²) in [6.07, 6.45) is 3.50. The molecule has 0 aromatic carbocycles. The van der Waals surface area contributed by atoms with Crippen LogP contribution in [0.15, 0.2) is 0 Å². The Balaban J connectivity index is 4.12. The number of nitrogens with one attached hydrogen (secondary N) is 1. The molecule has 0 amide bonds. The van der Waals surface area contributed by atoms with Crippen molar-refractivity contribution in [2.45, 2.75) is 64.2 Å². The fourth-order valence-electron chi connectivity index (χ4n) is 1.84. The highest BCUT2D eigenvalue weighted by molar-refractivity contribution is 7.99. The molecular weight excluding hydrogens is 234 g/mol. The van der Waals surface area contributed by atoms with E-state index >= 15 is 0 Å². The van der Waals surface area contributed by atoms with Crippen molar-refractivity contribution in [2.75, 3.05) is 12.3 Å². The molecule has 2 atom stereocenters. The smallest absolute Gasteiger partial charge is 0.323 e. The van der Waals surface area contributed by atoms with Crippen molar-refractivity contribution in [2.24, 2.45) is 0 Å². The third-order valence-electron chi connectivity index (χ3n) is 3.25. The van der Waals surface area contributed by atoms with E-state index in [0.717, 1.165) is 18.6 Å². The highest BCUT2D eigenvalue weighted by atomic mass is 32.2. The van der Waals surface area contributed by atoms with Crippen LogP contribution < -0.4 is 5.32 Å². The molecule has 4 heteroatoms. The lowest BCUT2D eigenvalue weighted by molar-refractivity contribution is -0.145. The van der Waals surface area contributed by atoms with Crippen LogP contribution in [-0.2, 0) is 4.79 Å². The Morgan fingerprint density at radius 1 is 1.41 bits per heavy atom. The van der Waals surface area contributed by atoms with Gasteiger partial charge in [0.15, 0.2) is 0 Å². The number of hydrogen-bond donors (Lipinski definition) is 2. The van der Waals surface area contributed by atoms with Gasteiger partial charge in [-0.25, -0.2) is 0 Å². The summed E-state index contributed by atoms with van der Waals surface area (Å²) in [5.41, 5.74) is -0.717. The number of rotatable bonds is 10. The van der Waals surface area contributed by atoms with Crippen molar-refractivity contribution in [1.82, 2.24) is 5.32 Å². The maximum Gasteiger partial charge on any atom is 0.323 e. The van der Waals surface area contributed by atoms with Gasteiger partial charge in [0.1, 0.15) is 5.54 Å². The minimum atomic E-state index is -0.717. The molecule has 0 aromatic heterocycles. The van der Waals surface area contributed by atoms with E-state index in [1.54, 1.807) is 0 Å². The van der Waals surface area contributed by atoms with E-state index in [-0.39, 0.29) is 0 Å². The second-order valence-electron chi connectivity index (χ2n) is 4.46. The van der Waals surface area contributed by atoms with Gasteiger partial charge in [0.2, 0.25) is 0 Å². The third-order valence-corrected chi connectivity index (χ3v) is 4.68. The zero-order valence-electron chi connectivity index (χ0n) is 11.6. The Bertz CT molecular complexity index is 223. The van der Waals surface area contributed by atoms with Gasteiger partial charge in [-0.3, -0.25) is 4.79 Å². The molecule has 2 unspecified atom stereocenters. The molecule has 102 valence electrons. The molecule has 0 aliphatic carbocycles. The first kappa shape index (κ1) is 16.8. The maximum atomic E-state index is 11.4. The van der Waals surface area contributed by atoms with Gasteiger partial charge in [-0.15, -0.1) is 0 Å². The van der Waals surface area contributed by atoms with Gasteiger partial charge in [0.05, 0.1) is 0 Å². The average Bonchev–Trinajstić information content (AvgIpc) is 2.32. The zero-order chi connectivity index (χ0) is 13.3. The summed E-state index contributed by atoms with van der Waals surface area (Å²) in [6.45, 7) is 9.02. The fourth-order valence-corrected chi connectivity index (χ4v) is 2.79. The van der Waals surface area contributed by atoms with Crippen LogP contribution in [0.4, 0.5) is 0 Å². The second kappa shape index (κ2) is 8.81. The largest absolute Gasteiger partial charge is 0.480 e. The predicted molar refractivity (Wildman–Crippen MR) is 75.8 cm³/mol. The van der Waals surface area contributed by atoms with Crippen LogP contribution >= 0.6 is 11.8 Å². The molecule has 0 aliphatic heterocycles. The molecule has 0 radical (unpaired) electrons. The SMILES string of the molecule is CCNC(CC)(CCCSC(C)CC)C(=O)O. The Morgan fingerprint density at radius 3 is 2.47 bits per heavy atom. The Labute approximate surface area is 110 Å². The lowest BCUT2D eigenvalue weighted by atomic mass is 9.91. The van der Waals surface area contributed by atoms with Crippen LogP contribution in [0.3, 0.4) is 0 Å². The molecule has 3 nitrogen and oxygen atoms in total. The highest BCUT2D eigenvalue weighted by Gasteiger charge is 2.34. The molecule has 0 saturated carbocycles. The fraction of sp³-hybridized carbons (Fsp3) is 0.923. The summed E-state index contributed by atoms with van der Waals surface area (Å²) >= 11 is 1.94. The van der Waals surface area contributed by atoms with E-state index in [1.807, 2.05) is 25.6 Å². The van der Waals surface area contributed by atoms with Gasteiger partial charge >= 0.3 is 5.97 Å². The van der Waals surface area contributed by atoms with E-state index in [1.165, 1.54) is 6.42 Å². The number of carboxylic acids is 1. The monoisotopic (exact) mass is 261 g/mol. The van der Waals surface area contributed by atoms with Gasteiger partial charge in [0.25, 0.3) is 0 Å². The van der Waals surface area contributed by atoms with Crippen LogP contribution in [0.1, 0.15) is 53.4 Å². The molecule has 0 saturated heterocycles. The number of carbonyl (C=O) groups is 1. The molecule has 0 heterocycles. The van der Waals surface area contributed by atoms with Gasteiger partial charge in [-0.2, -0.15) is 11.8 Å². The third kappa shape index (κ3) is 5.77. The first-order valence-corrected chi connectivity index (χ1v) is 7.67. The van der Waals surface area contributed by atoms with Crippen LogP contribution in [0.5, 0.6) is 0 Å². The first-order chi connectivity index (χ1) is 8.02. The molecule has 0 aromatic rings. The number of hydrogen-bond acceptors (Lipinski definition) is 3. The summed E-state index contributed by atoms with van der Waals surface area (Å²) in [5.74, 6) is 0.338. The molecule has 2 N–H and O–H groups in total. The Kier molecular flexibility index (Phi) is 8.70. The van der Waals surface area contributed by atoms with Gasteiger partial charge in [-0.1, -0.05) is 27.7 Å². The van der Waals surface area contributed by atoms with Crippen molar-refractivity contribution in [3.63, 3.8) is 0 Å². The van der Waals surface area contributed by atoms with E-state index in [9.17, 15) is 9.90 Å². The first-order valence-electron chi connectivity index (χ1n) is 6.62. The van der Waals surface area contributed by atoms with Gasteiger partial charge < -0.3 is 10.4 Å². The quantitative estimate of drug-likeness (QED) is 0.593. The lowest BCUT2D eigenvalue weighted by Gasteiger charge is -2.29. The van der Waals surface area contributed by atoms with Crippen molar-refractivity contribution in [3.8, 4) is 0 Å². The van der Waals surface area contributed by atoms with Crippen molar-refractivity contribution in [1.29, 1.82) is 0 Å². The Morgan fingerprint density at radius 2 is 2.06 bits per heavy atom. The summed E-state index contributed by atoms with van der Waals surface area (Å²) in [5, 5.41) is 13.2. The molecular formula is C13H27NO2S. The zero-order valence-corrected chi connectivity index (χ0v) is 12.4.